The van der Waals surface area contributed by atoms with E-state index >= 15 is 0 Å². The van der Waals surface area contributed by atoms with Gasteiger partial charge in [-0.15, -0.1) is 0 Å². The minimum absolute atomic E-state index is 0.601. The van der Waals surface area contributed by atoms with Crippen LogP contribution < -0.4 is 10.8 Å². The molecule has 1 heterocycles. The second kappa shape index (κ2) is 5.71. The highest BCUT2D eigenvalue weighted by Gasteiger charge is 2.20. The van der Waals surface area contributed by atoms with Gasteiger partial charge in [-0.05, 0) is 49.4 Å². The van der Waals surface area contributed by atoms with Crippen molar-refractivity contribution >= 4 is 17.3 Å². The van der Waals surface area contributed by atoms with Crippen LogP contribution in [0.5, 0.6) is 0 Å². The third-order valence-electron chi connectivity index (χ3n) is 3.45. The van der Waals surface area contributed by atoms with Crippen LogP contribution in [0.2, 0.25) is 5.02 Å². The molecule has 2 rings (SSSR count). The molecule has 0 amide bonds. The van der Waals surface area contributed by atoms with Crippen LogP contribution in [0, 0.1) is 12.8 Å². The Morgan fingerprint density at radius 2 is 2.12 bits per heavy atom. The van der Waals surface area contributed by atoms with Crippen molar-refractivity contribution in [2.45, 2.75) is 19.8 Å². The molecule has 1 aromatic rings. The average Bonchev–Trinajstić information content (AvgIpc) is 2.31. The number of hydrogen-bond donors (Lipinski definition) is 1. The topological polar surface area (TPSA) is 38.5 Å². The Bertz CT molecular complexity index is 376. The molecule has 4 heteroatoms. The Balaban J connectivity index is 2.00. The van der Waals surface area contributed by atoms with Gasteiger partial charge in [0.2, 0.25) is 0 Å². The van der Waals surface area contributed by atoms with Crippen molar-refractivity contribution in [1.82, 2.24) is 0 Å². The lowest BCUT2D eigenvalue weighted by Gasteiger charge is -2.34. The molecule has 1 aromatic carbocycles. The Morgan fingerprint density at radius 1 is 1.41 bits per heavy atom. The molecule has 1 saturated heterocycles. The van der Waals surface area contributed by atoms with Crippen molar-refractivity contribution < 1.29 is 4.84 Å². The second-order valence-corrected chi connectivity index (χ2v) is 5.13. The Kier molecular flexibility index (Phi) is 4.26. The van der Waals surface area contributed by atoms with E-state index < -0.39 is 0 Å². The van der Waals surface area contributed by atoms with Gasteiger partial charge in [-0.3, -0.25) is 0 Å². The van der Waals surface area contributed by atoms with Crippen LogP contribution in [0.15, 0.2) is 18.2 Å². The van der Waals surface area contributed by atoms with Crippen molar-refractivity contribution in [3.8, 4) is 0 Å². The summed E-state index contributed by atoms with van der Waals surface area (Å²) in [4.78, 5) is 7.14. The van der Waals surface area contributed by atoms with E-state index in [4.69, 9.17) is 22.3 Å². The molecule has 17 heavy (non-hydrogen) atoms. The number of halogens is 1. The number of rotatable bonds is 3. The predicted molar refractivity (Wildman–Crippen MR) is 71.3 cm³/mol. The van der Waals surface area contributed by atoms with E-state index in [2.05, 4.69) is 17.9 Å². The first kappa shape index (κ1) is 12.7. The molecule has 2 N–H and O–H groups in total. The number of piperidine rings is 1. The van der Waals surface area contributed by atoms with Crippen LogP contribution >= 0.6 is 11.6 Å². The van der Waals surface area contributed by atoms with Gasteiger partial charge in [0.25, 0.3) is 0 Å². The van der Waals surface area contributed by atoms with E-state index in [1.165, 1.54) is 11.3 Å². The number of aryl methyl sites for hydroxylation is 1. The summed E-state index contributed by atoms with van der Waals surface area (Å²) in [5.41, 5.74) is 2.53. The Labute approximate surface area is 107 Å². The summed E-state index contributed by atoms with van der Waals surface area (Å²) in [6.45, 7) is 4.91. The van der Waals surface area contributed by atoms with Crippen molar-refractivity contribution in [2.24, 2.45) is 11.8 Å². The maximum atomic E-state index is 5.97. The minimum Gasteiger partial charge on any atom is -0.371 e. The average molecular weight is 255 g/mol. The highest BCUT2D eigenvalue weighted by atomic mass is 35.5. The quantitative estimate of drug-likeness (QED) is 0.843. The summed E-state index contributed by atoms with van der Waals surface area (Å²) < 4.78 is 0. The van der Waals surface area contributed by atoms with Crippen molar-refractivity contribution in [2.75, 3.05) is 24.6 Å². The van der Waals surface area contributed by atoms with Gasteiger partial charge >= 0.3 is 0 Å². The first-order valence-electron chi connectivity index (χ1n) is 6.03. The van der Waals surface area contributed by atoms with Crippen LogP contribution in [0.3, 0.4) is 0 Å². The highest BCUT2D eigenvalue weighted by Crippen LogP contribution is 2.27. The molecule has 0 atom stereocenters. The number of anilines is 1. The summed E-state index contributed by atoms with van der Waals surface area (Å²) >= 11 is 5.97. The molecule has 0 aliphatic carbocycles. The van der Waals surface area contributed by atoms with Gasteiger partial charge in [-0.25, -0.2) is 5.90 Å². The normalized spacial score (nSPS) is 17.5. The maximum Gasteiger partial charge on any atom is 0.0708 e. The van der Waals surface area contributed by atoms with Gasteiger partial charge in [0, 0.05) is 23.8 Å². The molecule has 0 saturated carbocycles. The molecule has 0 radical (unpaired) electrons. The standard InChI is InChI=1S/C13H19ClN2O/c1-10-8-12(14)2-3-13(10)16-6-4-11(5-7-16)9-17-15/h2-3,8,11H,4-7,9,15H2,1H3. The minimum atomic E-state index is 0.601. The highest BCUT2D eigenvalue weighted by molar-refractivity contribution is 6.30. The lowest BCUT2D eigenvalue weighted by atomic mass is 9.97. The molecule has 0 bridgehead atoms. The number of nitrogens with two attached hydrogens (primary N) is 1. The number of hydrogen-bond acceptors (Lipinski definition) is 3. The molecule has 94 valence electrons. The van der Waals surface area contributed by atoms with E-state index in [1.54, 1.807) is 0 Å². The van der Waals surface area contributed by atoms with Crippen LogP contribution in [0.1, 0.15) is 18.4 Å². The largest absolute Gasteiger partial charge is 0.371 e. The summed E-state index contributed by atoms with van der Waals surface area (Å²) in [5, 5.41) is 0.803. The molecule has 0 spiro atoms. The molecule has 1 fully saturated rings. The number of benzene rings is 1. The zero-order valence-corrected chi connectivity index (χ0v) is 10.9. The fourth-order valence-electron chi connectivity index (χ4n) is 2.45. The molecule has 1 aliphatic rings. The summed E-state index contributed by atoms with van der Waals surface area (Å²) in [6, 6.07) is 6.09. The molecule has 0 aromatic heterocycles. The fourth-order valence-corrected chi connectivity index (χ4v) is 2.68. The zero-order chi connectivity index (χ0) is 12.3. The van der Waals surface area contributed by atoms with E-state index in [0.29, 0.717) is 12.5 Å². The van der Waals surface area contributed by atoms with Crippen LogP contribution in [0.25, 0.3) is 0 Å². The smallest absolute Gasteiger partial charge is 0.0708 e. The Morgan fingerprint density at radius 3 is 2.71 bits per heavy atom. The molecule has 1 aliphatic heterocycles. The third kappa shape index (κ3) is 3.12. The van der Waals surface area contributed by atoms with Crippen molar-refractivity contribution in [3.63, 3.8) is 0 Å². The van der Waals surface area contributed by atoms with E-state index in [0.717, 1.165) is 31.0 Å². The van der Waals surface area contributed by atoms with Crippen molar-refractivity contribution in [1.29, 1.82) is 0 Å². The molecular formula is C13H19ClN2O. The van der Waals surface area contributed by atoms with Gasteiger partial charge in [-0.1, -0.05) is 11.6 Å². The van der Waals surface area contributed by atoms with E-state index in [-0.39, 0.29) is 0 Å². The van der Waals surface area contributed by atoms with Crippen LogP contribution in [0.4, 0.5) is 5.69 Å². The van der Waals surface area contributed by atoms with Crippen LogP contribution in [-0.4, -0.2) is 19.7 Å². The van der Waals surface area contributed by atoms with E-state index in [1.807, 2.05) is 12.1 Å². The lowest BCUT2D eigenvalue weighted by molar-refractivity contribution is 0.0918. The summed E-state index contributed by atoms with van der Waals surface area (Å²) in [5.74, 6) is 5.72. The first-order valence-corrected chi connectivity index (χ1v) is 6.41. The molecule has 0 unspecified atom stereocenters. The third-order valence-corrected chi connectivity index (χ3v) is 3.68. The van der Waals surface area contributed by atoms with Gasteiger partial charge in [0.1, 0.15) is 0 Å². The predicted octanol–water partition coefficient (Wildman–Crippen LogP) is 2.76. The van der Waals surface area contributed by atoms with E-state index in [9.17, 15) is 0 Å². The maximum absolute atomic E-state index is 5.97. The summed E-state index contributed by atoms with van der Waals surface area (Å²) in [6.07, 6.45) is 2.28. The SMILES string of the molecule is Cc1cc(Cl)ccc1N1CCC(CON)CC1. The fraction of sp³-hybridized carbons (Fsp3) is 0.538. The molecular weight excluding hydrogens is 236 g/mol. The van der Waals surface area contributed by atoms with Crippen molar-refractivity contribution in [3.05, 3.63) is 28.8 Å². The van der Waals surface area contributed by atoms with Gasteiger partial charge in [0.15, 0.2) is 0 Å². The van der Waals surface area contributed by atoms with Gasteiger partial charge < -0.3 is 9.74 Å². The zero-order valence-electron chi connectivity index (χ0n) is 10.2. The molecule has 3 nitrogen and oxygen atoms in total. The monoisotopic (exact) mass is 254 g/mol. The second-order valence-electron chi connectivity index (χ2n) is 4.69. The first-order chi connectivity index (χ1) is 8.20. The van der Waals surface area contributed by atoms with Crippen LogP contribution in [-0.2, 0) is 4.84 Å². The van der Waals surface area contributed by atoms with Gasteiger partial charge in [0.05, 0.1) is 6.61 Å². The number of nitrogens with zero attached hydrogens (tertiary/aromatic N) is 1. The lowest BCUT2D eigenvalue weighted by Crippen LogP contribution is -2.35. The Hall–Kier alpha value is -0.770. The summed E-state index contributed by atoms with van der Waals surface area (Å²) in [7, 11) is 0. The van der Waals surface area contributed by atoms with Gasteiger partial charge in [-0.2, -0.15) is 0 Å².